The minimum absolute atomic E-state index is 0.548. The van der Waals surface area contributed by atoms with Crippen molar-refractivity contribution >= 4 is 5.69 Å². The summed E-state index contributed by atoms with van der Waals surface area (Å²) in [6.07, 6.45) is 0. The van der Waals surface area contributed by atoms with E-state index in [0.29, 0.717) is 11.8 Å². The summed E-state index contributed by atoms with van der Waals surface area (Å²) < 4.78 is 5.81. The molecule has 3 rings (SSSR count). The van der Waals surface area contributed by atoms with E-state index in [1.165, 1.54) is 11.3 Å². The second-order valence-electron chi connectivity index (χ2n) is 5.50. The molecular weight excluding hydrogens is 286 g/mol. The van der Waals surface area contributed by atoms with Gasteiger partial charge in [0.1, 0.15) is 0 Å². The molecule has 0 atom stereocenters. The van der Waals surface area contributed by atoms with E-state index in [-0.39, 0.29) is 0 Å². The molecule has 0 amide bonds. The minimum atomic E-state index is 0.548. The highest BCUT2D eigenvalue weighted by atomic mass is 16.4. The van der Waals surface area contributed by atoms with E-state index in [0.717, 1.165) is 24.2 Å². The molecule has 0 spiro atoms. The Hall–Kier alpha value is -2.62. The van der Waals surface area contributed by atoms with Crippen molar-refractivity contribution in [3.63, 3.8) is 0 Å². The smallest absolute Gasteiger partial charge is 0.248 e. The van der Waals surface area contributed by atoms with Crippen molar-refractivity contribution in [1.29, 1.82) is 0 Å². The number of aromatic nitrogens is 2. The van der Waals surface area contributed by atoms with Crippen LogP contribution in [0.2, 0.25) is 0 Å². The maximum Gasteiger partial charge on any atom is 0.248 e. The largest absolute Gasteiger partial charge is 0.416 e. The van der Waals surface area contributed by atoms with Gasteiger partial charge in [-0.15, -0.1) is 10.2 Å². The average molecular weight is 307 g/mol. The van der Waals surface area contributed by atoms with Gasteiger partial charge in [-0.1, -0.05) is 17.7 Å². The highest BCUT2D eigenvalue weighted by molar-refractivity contribution is 5.61. The van der Waals surface area contributed by atoms with Crippen LogP contribution in [0.3, 0.4) is 0 Å². The Balaban J connectivity index is 1.84. The lowest BCUT2D eigenvalue weighted by Crippen LogP contribution is -2.21. The van der Waals surface area contributed by atoms with E-state index in [1.807, 2.05) is 36.4 Å². The standard InChI is InChI=1S/C19H21N3O/c1-4-22(5-2)17-12-10-16(11-13-17)19-21-20-18(23-19)15-8-6-14(3)7-9-15/h6-13H,4-5H2,1-3H3. The molecule has 0 unspecified atom stereocenters. The van der Waals surface area contributed by atoms with Gasteiger partial charge in [0.25, 0.3) is 0 Å². The third-order valence-corrected chi connectivity index (χ3v) is 3.97. The molecule has 0 saturated carbocycles. The first-order chi connectivity index (χ1) is 11.2. The van der Waals surface area contributed by atoms with E-state index in [1.54, 1.807) is 0 Å². The van der Waals surface area contributed by atoms with Crippen molar-refractivity contribution < 1.29 is 4.42 Å². The lowest BCUT2D eigenvalue weighted by molar-refractivity contribution is 0.584. The summed E-state index contributed by atoms with van der Waals surface area (Å²) in [6.45, 7) is 8.36. The molecule has 4 nitrogen and oxygen atoms in total. The van der Waals surface area contributed by atoms with Crippen molar-refractivity contribution in [3.8, 4) is 22.9 Å². The quantitative estimate of drug-likeness (QED) is 0.693. The third kappa shape index (κ3) is 3.26. The van der Waals surface area contributed by atoms with Crippen LogP contribution in [0, 0.1) is 6.92 Å². The average Bonchev–Trinajstić information content (AvgIpc) is 3.07. The number of rotatable bonds is 5. The van der Waals surface area contributed by atoms with Gasteiger partial charge in [-0.2, -0.15) is 0 Å². The molecule has 0 aliphatic rings. The summed E-state index contributed by atoms with van der Waals surface area (Å²) >= 11 is 0. The van der Waals surface area contributed by atoms with Crippen molar-refractivity contribution in [2.75, 3.05) is 18.0 Å². The summed E-state index contributed by atoms with van der Waals surface area (Å²) in [6, 6.07) is 16.3. The first kappa shape index (κ1) is 15.3. The Kier molecular flexibility index (Phi) is 4.42. The summed E-state index contributed by atoms with van der Waals surface area (Å²) in [5, 5.41) is 8.33. The second-order valence-corrected chi connectivity index (χ2v) is 5.50. The number of aryl methyl sites for hydroxylation is 1. The van der Waals surface area contributed by atoms with Crippen LogP contribution >= 0.6 is 0 Å². The molecule has 1 aromatic heterocycles. The Morgan fingerprint density at radius 2 is 1.26 bits per heavy atom. The van der Waals surface area contributed by atoms with Crippen molar-refractivity contribution in [2.24, 2.45) is 0 Å². The number of benzene rings is 2. The van der Waals surface area contributed by atoms with Gasteiger partial charge in [0, 0.05) is 29.9 Å². The Bertz CT molecular complexity index is 756. The van der Waals surface area contributed by atoms with Crippen LogP contribution in [0.25, 0.3) is 22.9 Å². The molecule has 2 aromatic carbocycles. The van der Waals surface area contributed by atoms with Crippen molar-refractivity contribution in [2.45, 2.75) is 20.8 Å². The van der Waals surface area contributed by atoms with Crippen LogP contribution in [0.5, 0.6) is 0 Å². The topological polar surface area (TPSA) is 42.2 Å². The fourth-order valence-corrected chi connectivity index (χ4v) is 2.56. The fourth-order valence-electron chi connectivity index (χ4n) is 2.56. The molecule has 23 heavy (non-hydrogen) atoms. The van der Waals surface area contributed by atoms with E-state index in [2.05, 4.69) is 48.0 Å². The minimum Gasteiger partial charge on any atom is -0.416 e. The summed E-state index contributed by atoms with van der Waals surface area (Å²) in [4.78, 5) is 2.30. The van der Waals surface area contributed by atoms with Crippen LogP contribution < -0.4 is 4.90 Å². The van der Waals surface area contributed by atoms with Gasteiger partial charge >= 0.3 is 0 Å². The Morgan fingerprint density at radius 1 is 0.783 bits per heavy atom. The van der Waals surface area contributed by atoms with E-state index in [4.69, 9.17) is 4.42 Å². The van der Waals surface area contributed by atoms with Crippen LogP contribution in [0.15, 0.2) is 52.9 Å². The summed E-state index contributed by atoms with van der Waals surface area (Å²) in [7, 11) is 0. The molecule has 0 N–H and O–H groups in total. The van der Waals surface area contributed by atoms with E-state index < -0.39 is 0 Å². The molecule has 0 aliphatic carbocycles. The monoisotopic (exact) mass is 307 g/mol. The molecule has 0 aliphatic heterocycles. The van der Waals surface area contributed by atoms with Crippen LogP contribution in [-0.2, 0) is 0 Å². The summed E-state index contributed by atoms with van der Waals surface area (Å²) in [5.74, 6) is 1.10. The molecule has 3 aromatic rings. The molecule has 0 bridgehead atoms. The Morgan fingerprint density at radius 3 is 1.74 bits per heavy atom. The molecule has 0 fully saturated rings. The van der Waals surface area contributed by atoms with Crippen LogP contribution in [0.4, 0.5) is 5.69 Å². The number of hydrogen-bond donors (Lipinski definition) is 0. The number of hydrogen-bond acceptors (Lipinski definition) is 4. The molecule has 4 heteroatoms. The van der Waals surface area contributed by atoms with Crippen LogP contribution in [-0.4, -0.2) is 23.3 Å². The SMILES string of the molecule is CCN(CC)c1ccc(-c2nnc(-c3ccc(C)cc3)o2)cc1. The first-order valence-corrected chi connectivity index (χ1v) is 7.97. The number of anilines is 1. The van der Waals surface area contributed by atoms with Gasteiger partial charge in [-0.05, 0) is 57.2 Å². The maximum absolute atomic E-state index is 5.81. The summed E-state index contributed by atoms with van der Waals surface area (Å²) in [5.41, 5.74) is 4.29. The third-order valence-electron chi connectivity index (χ3n) is 3.97. The molecule has 0 saturated heterocycles. The van der Waals surface area contributed by atoms with E-state index >= 15 is 0 Å². The van der Waals surface area contributed by atoms with Gasteiger partial charge < -0.3 is 9.32 Å². The van der Waals surface area contributed by atoms with Gasteiger partial charge in [0.05, 0.1) is 0 Å². The van der Waals surface area contributed by atoms with Gasteiger partial charge in [-0.25, -0.2) is 0 Å². The normalized spacial score (nSPS) is 10.7. The zero-order chi connectivity index (χ0) is 16.2. The molecule has 0 radical (unpaired) electrons. The zero-order valence-corrected chi connectivity index (χ0v) is 13.8. The predicted octanol–water partition coefficient (Wildman–Crippen LogP) is 4.56. The van der Waals surface area contributed by atoms with Crippen molar-refractivity contribution in [3.05, 3.63) is 54.1 Å². The Labute approximate surface area is 136 Å². The maximum atomic E-state index is 5.81. The highest BCUT2D eigenvalue weighted by Crippen LogP contribution is 2.26. The van der Waals surface area contributed by atoms with Gasteiger partial charge in [-0.3, -0.25) is 0 Å². The molecule has 118 valence electrons. The molecule has 1 heterocycles. The highest BCUT2D eigenvalue weighted by Gasteiger charge is 2.11. The van der Waals surface area contributed by atoms with E-state index in [9.17, 15) is 0 Å². The second kappa shape index (κ2) is 6.65. The van der Waals surface area contributed by atoms with Crippen LogP contribution in [0.1, 0.15) is 19.4 Å². The lowest BCUT2D eigenvalue weighted by Gasteiger charge is -2.20. The van der Waals surface area contributed by atoms with Gasteiger partial charge in [0.2, 0.25) is 11.8 Å². The van der Waals surface area contributed by atoms with Gasteiger partial charge in [0.15, 0.2) is 0 Å². The van der Waals surface area contributed by atoms with Crippen molar-refractivity contribution in [1.82, 2.24) is 10.2 Å². The predicted molar refractivity (Wildman–Crippen MR) is 93.5 cm³/mol. The zero-order valence-electron chi connectivity index (χ0n) is 13.8. The number of nitrogens with zero attached hydrogens (tertiary/aromatic N) is 3. The fraction of sp³-hybridized carbons (Fsp3) is 0.263. The molecular formula is C19H21N3O. The lowest BCUT2D eigenvalue weighted by atomic mass is 10.1. The first-order valence-electron chi connectivity index (χ1n) is 7.97.